The summed E-state index contributed by atoms with van der Waals surface area (Å²) in [7, 11) is 0. The van der Waals surface area contributed by atoms with Crippen molar-refractivity contribution in [3.05, 3.63) is 24.3 Å². The van der Waals surface area contributed by atoms with Crippen molar-refractivity contribution in [2.24, 2.45) is 0 Å². The number of halogens is 2. The number of alkyl halides is 2. The van der Waals surface area contributed by atoms with Crippen molar-refractivity contribution in [3.63, 3.8) is 0 Å². The smallest absolute Gasteiger partial charge is 0.288 e. The first-order valence-electron chi connectivity index (χ1n) is 5.26. The number of rotatable bonds is 4. The predicted octanol–water partition coefficient (Wildman–Crippen LogP) is 2.78. The van der Waals surface area contributed by atoms with Crippen LogP contribution in [0.2, 0.25) is 0 Å². The molecule has 0 radical (unpaired) electrons. The Bertz CT molecular complexity index is 323. The molecule has 88 valence electrons. The quantitative estimate of drug-likeness (QED) is 0.796. The van der Waals surface area contributed by atoms with Crippen molar-refractivity contribution >= 4 is 17.4 Å². The highest BCUT2D eigenvalue weighted by atomic mass is 32.2. The standard InChI is InChI=1S/C11H14F2N2S/c12-11(13)16-10-3-1-8(2-4-10)15-9-5-6-14-7-9/h1-4,9,11,14-15H,5-7H2. The molecule has 1 heterocycles. The number of hydrogen-bond acceptors (Lipinski definition) is 3. The zero-order valence-electron chi connectivity index (χ0n) is 8.75. The molecule has 1 unspecified atom stereocenters. The molecular formula is C11H14F2N2S. The molecule has 0 bridgehead atoms. The molecule has 1 aromatic rings. The molecular weight excluding hydrogens is 230 g/mol. The molecule has 0 saturated carbocycles. The lowest BCUT2D eigenvalue weighted by Gasteiger charge is -2.13. The molecule has 0 amide bonds. The topological polar surface area (TPSA) is 24.1 Å². The number of nitrogens with one attached hydrogen (secondary N) is 2. The lowest BCUT2D eigenvalue weighted by atomic mass is 10.2. The highest BCUT2D eigenvalue weighted by molar-refractivity contribution is 7.99. The molecule has 16 heavy (non-hydrogen) atoms. The van der Waals surface area contributed by atoms with Gasteiger partial charge in [-0.2, -0.15) is 8.78 Å². The second-order valence-electron chi connectivity index (χ2n) is 3.74. The van der Waals surface area contributed by atoms with Crippen LogP contribution in [0.5, 0.6) is 0 Å². The van der Waals surface area contributed by atoms with Gasteiger partial charge in [0.2, 0.25) is 0 Å². The van der Waals surface area contributed by atoms with E-state index in [1.807, 2.05) is 12.1 Å². The lowest BCUT2D eigenvalue weighted by Crippen LogP contribution is -2.21. The zero-order chi connectivity index (χ0) is 11.4. The van der Waals surface area contributed by atoms with Gasteiger partial charge in [0.05, 0.1) is 0 Å². The van der Waals surface area contributed by atoms with E-state index in [1.165, 1.54) is 0 Å². The molecule has 1 saturated heterocycles. The van der Waals surface area contributed by atoms with Gasteiger partial charge in [-0.15, -0.1) is 0 Å². The van der Waals surface area contributed by atoms with Crippen molar-refractivity contribution in [2.75, 3.05) is 18.4 Å². The fraction of sp³-hybridized carbons (Fsp3) is 0.455. The van der Waals surface area contributed by atoms with Gasteiger partial charge in [-0.05, 0) is 37.2 Å². The summed E-state index contributed by atoms with van der Waals surface area (Å²) in [4.78, 5) is 0.602. The zero-order valence-corrected chi connectivity index (χ0v) is 9.57. The van der Waals surface area contributed by atoms with Gasteiger partial charge >= 0.3 is 0 Å². The Kier molecular flexibility index (Phi) is 4.01. The molecule has 5 heteroatoms. The van der Waals surface area contributed by atoms with Crippen LogP contribution in [0.15, 0.2) is 29.2 Å². The summed E-state index contributed by atoms with van der Waals surface area (Å²) >= 11 is 0.576. The number of benzene rings is 1. The average molecular weight is 244 g/mol. The van der Waals surface area contributed by atoms with Crippen LogP contribution in [0.3, 0.4) is 0 Å². The lowest BCUT2D eigenvalue weighted by molar-refractivity contribution is 0.252. The van der Waals surface area contributed by atoms with Gasteiger partial charge in [-0.3, -0.25) is 0 Å². The molecule has 2 N–H and O–H groups in total. The van der Waals surface area contributed by atoms with E-state index in [9.17, 15) is 8.78 Å². The van der Waals surface area contributed by atoms with Crippen molar-refractivity contribution in [1.82, 2.24) is 5.32 Å². The van der Waals surface area contributed by atoms with Gasteiger partial charge in [0.1, 0.15) is 0 Å². The number of hydrogen-bond donors (Lipinski definition) is 2. The van der Waals surface area contributed by atoms with E-state index in [-0.39, 0.29) is 0 Å². The minimum absolute atomic E-state index is 0.452. The maximum absolute atomic E-state index is 12.1. The summed E-state index contributed by atoms with van der Waals surface area (Å²) in [6.45, 7) is 2.00. The summed E-state index contributed by atoms with van der Waals surface area (Å²) in [6.07, 6.45) is 1.10. The van der Waals surface area contributed by atoms with Crippen LogP contribution in [0.4, 0.5) is 14.5 Å². The Morgan fingerprint density at radius 2 is 2.06 bits per heavy atom. The fourth-order valence-corrected chi connectivity index (χ4v) is 2.25. The van der Waals surface area contributed by atoms with Gasteiger partial charge in [0.25, 0.3) is 5.76 Å². The van der Waals surface area contributed by atoms with E-state index < -0.39 is 5.76 Å². The Balaban J connectivity index is 1.90. The Morgan fingerprint density at radius 3 is 2.62 bits per heavy atom. The molecule has 1 aromatic carbocycles. The van der Waals surface area contributed by atoms with Crippen molar-refractivity contribution in [3.8, 4) is 0 Å². The third kappa shape index (κ3) is 3.35. The van der Waals surface area contributed by atoms with Crippen LogP contribution in [0, 0.1) is 0 Å². The van der Waals surface area contributed by atoms with Crippen LogP contribution in [0.25, 0.3) is 0 Å². The normalized spacial score (nSPS) is 20.3. The molecule has 0 spiro atoms. The first-order valence-corrected chi connectivity index (χ1v) is 6.14. The molecule has 1 aliphatic heterocycles. The number of anilines is 1. The van der Waals surface area contributed by atoms with Crippen LogP contribution in [-0.2, 0) is 0 Å². The molecule has 1 atom stereocenters. The Hall–Kier alpha value is -0.810. The number of thioether (sulfide) groups is 1. The Morgan fingerprint density at radius 1 is 1.31 bits per heavy atom. The minimum Gasteiger partial charge on any atom is -0.381 e. The van der Waals surface area contributed by atoms with Crippen LogP contribution in [0.1, 0.15) is 6.42 Å². The van der Waals surface area contributed by atoms with E-state index in [0.717, 1.165) is 25.2 Å². The third-order valence-electron chi connectivity index (χ3n) is 2.51. The van der Waals surface area contributed by atoms with Gasteiger partial charge in [0, 0.05) is 23.2 Å². The van der Waals surface area contributed by atoms with Gasteiger partial charge in [0.15, 0.2) is 0 Å². The van der Waals surface area contributed by atoms with Crippen molar-refractivity contribution < 1.29 is 8.78 Å². The van der Waals surface area contributed by atoms with E-state index in [0.29, 0.717) is 22.7 Å². The van der Waals surface area contributed by atoms with Crippen molar-refractivity contribution in [2.45, 2.75) is 23.1 Å². The highest BCUT2D eigenvalue weighted by Gasteiger charge is 2.13. The SMILES string of the molecule is FC(F)Sc1ccc(NC2CCNC2)cc1. The van der Waals surface area contributed by atoms with E-state index in [1.54, 1.807) is 12.1 Å². The molecule has 2 rings (SSSR count). The van der Waals surface area contributed by atoms with E-state index in [2.05, 4.69) is 10.6 Å². The molecule has 1 aliphatic rings. The van der Waals surface area contributed by atoms with Crippen LogP contribution >= 0.6 is 11.8 Å². The highest BCUT2D eigenvalue weighted by Crippen LogP contribution is 2.26. The largest absolute Gasteiger partial charge is 0.381 e. The average Bonchev–Trinajstić information content (AvgIpc) is 2.73. The van der Waals surface area contributed by atoms with E-state index >= 15 is 0 Å². The Labute approximate surface area is 97.8 Å². The monoisotopic (exact) mass is 244 g/mol. The fourth-order valence-electron chi connectivity index (χ4n) is 1.75. The second-order valence-corrected chi connectivity index (χ2v) is 4.80. The van der Waals surface area contributed by atoms with Crippen LogP contribution in [-0.4, -0.2) is 24.9 Å². The first kappa shape index (κ1) is 11.7. The summed E-state index contributed by atoms with van der Waals surface area (Å²) in [5.74, 6) is -2.35. The summed E-state index contributed by atoms with van der Waals surface area (Å²) in [5, 5.41) is 6.63. The molecule has 0 aliphatic carbocycles. The molecule has 2 nitrogen and oxygen atoms in total. The van der Waals surface area contributed by atoms with Crippen LogP contribution < -0.4 is 10.6 Å². The van der Waals surface area contributed by atoms with Crippen molar-refractivity contribution in [1.29, 1.82) is 0 Å². The first-order chi connectivity index (χ1) is 7.74. The molecule has 0 aromatic heterocycles. The van der Waals surface area contributed by atoms with Gasteiger partial charge < -0.3 is 10.6 Å². The summed E-state index contributed by atoms with van der Waals surface area (Å²) < 4.78 is 24.2. The molecule has 1 fully saturated rings. The third-order valence-corrected chi connectivity index (χ3v) is 3.23. The minimum atomic E-state index is -2.35. The second kappa shape index (κ2) is 5.50. The van der Waals surface area contributed by atoms with Gasteiger partial charge in [-0.25, -0.2) is 0 Å². The van der Waals surface area contributed by atoms with E-state index in [4.69, 9.17) is 0 Å². The predicted molar refractivity (Wildman–Crippen MR) is 63.2 cm³/mol. The maximum Gasteiger partial charge on any atom is 0.288 e. The maximum atomic E-state index is 12.1. The van der Waals surface area contributed by atoms with Gasteiger partial charge in [-0.1, -0.05) is 11.8 Å². The summed E-state index contributed by atoms with van der Waals surface area (Å²) in [5.41, 5.74) is 0.993. The summed E-state index contributed by atoms with van der Waals surface area (Å²) in [6, 6.07) is 7.60.